The standard InChI is InChI=1S/C12H22BrNO/c1-8(2)11(13)12(15)14-10-7-5-4-6-9(10)3/h8-11H,4-7H2,1-3H3,(H,14,15)/t9-,10-,11+/m0/s1. The number of alkyl halides is 1. The van der Waals surface area contributed by atoms with Crippen LogP contribution in [0.2, 0.25) is 0 Å². The summed E-state index contributed by atoms with van der Waals surface area (Å²) >= 11 is 3.44. The van der Waals surface area contributed by atoms with Gasteiger partial charge in [-0.2, -0.15) is 0 Å². The molecule has 0 spiro atoms. The van der Waals surface area contributed by atoms with Gasteiger partial charge in [-0.25, -0.2) is 0 Å². The minimum Gasteiger partial charge on any atom is -0.352 e. The van der Waals surface area contributed by atoms with Crippen molar-refractivity contribution in [1.82, 2.24) is 5.32 Å². The molecule has 88 valence electrons. The maximum absolute atomic E-state index is 11.8. The third-order valence-electron chi connectivity index (χ3n) is 3.27. The topological polar surface area (TPSA) is 29.1 Å². The molecular weight excluding hydrogens is 254 g/mol. The highest BCUT2D eigenvalue weighted by atomic mass is 79.9. The fraction of sp³-hybridized carbons (Fsp3) is 0.917. The van der Waals surface area contributed by atoms with Crippen molar-refractivity contribution < 1.29 is 4.79 Å². The zero-order valence-electron chi connectivity index (χ0n) is 9.92. The predicted octanol–water partition coefficient (Wildman–Crippen LogP) is 3.10. The Hall–Kier alpha value is -0.0500. The Bertz CT molecular complexity index is 218. The van der Waals surface area contributed by atoms with Gasteiger partial charge in [0, 0.05) is 6.04 Å². The molecule has 0 radical (unpaired) electrons. The maximum Gasteiger partial charge on any atom is 0.234 e. The first-order valence-corrected chi connectivity index (χ1v) is 6.88. The molecule has 0 aromatic carbocycles. The molecule has 3 heteroatoms. The first-order chi connectivity index (χ1) is 7.02. The Labute approximate surface area is 101 Å². The lowest BCUT2D eigenvalue weighted by molar-refractivity contribution is -0.122. The molecule has 3 atom stereocenters. The zero-order chi connectivity index (χ0) is 11.4. The summed E-state index contributed by atoms with van der Waals surface area (Å²) in [4.78, 5) is 11.8. The van der Waals surface area contributed by atoms with E-state index in [0.717, 1.165) is 6.42 Å². The summed E-state index contributed by atoms with van der Waals surface area (Å²) < 4.78 is 0. The van der Waals surface area contributed by atoms with Crippen molar-refractivity contribution in [2.24, 2.45) is 11.8 Å². The molecule has 1 aliphatic carbocycles. The summed E-state index contributed by atoms with van der Waals surface area (Å²) in [5, 5.41) is 3.16. The van der Waals surface area contributed by atoms with Gasteiger partial charge in [-0.15, -0.1) is 0 Å². The van der Waals surface area contributed by atoms with Gasteiger partial charge < -0.3 is 5.32 Å². The molecule has 1 fully saturated rings. The summed E-state index contributed by atoms with van der Waals surface area (Å²) in [5.41, 5.74) is 0. The number of halogens is 1. The highest BCUT2D eigenvalue weighted by Crippen LogP contribution is 2.24. The van der Waals surface area contributed by atoms with Crippen molar-refractivity contribution in [3.63, 3.8) is 0 Å². The van der Waals surface area contributed by atoms with Crippen molar-refractivity contribution >= 4 is 21.8 Å². The number of carbonyl (C=O) groups is 1. The van der Waals surface area contributed by atoms with E-state index in [1.165, 1.54) is 19.3 Å². The highest BCUT2D eigenvalue weighted by molar-refractivity contribution is 9.10. The molecule has 0 saturated heterocycles. The van der Waals surface area contributed by atoms with Gasteiger partial charge in [0.2, 0.25) is 5.91 Å². The van der Waals surface area contributed by atoms with E-state index in [4.69, 9.17) is 0 Å². The minimum absolute atomic E-state index is 0.0494. The Morgan fingerprint density at radius 2 is 1.93 bits per heavy atom. The summed E-state index contributed by atoms with van der Waals surface area (Å²) in [5.74, 6) is 1.14. The fourth-order valence-electron chi connectivity index (χ4n) is 2.10. The Kier molecular flexibility index (Phi) is 5.10. The molecule has 0 aliphatic heterocycles. The SMILES string of the molecule is CC(C)[C@@H](Br)C(=O)N[C@H]1CCCC[C@@H]1C. The van der Waals surface area contributed by atoms with Crippen molar-refractivity contribution in [1.29, 1.82) is 0 Å². The maximum atomic E-state index is 11.8. The minimum atomic E-state index is -0.0494. The predicted molar refractivity (Wildman–Crippen MR) is 67.1 cm³/mol. The van der Waals surface area contributed by atoms with Gasteiger partial charge in [-0.1, -0.05) is 49.5 Å². The van der Waals surface area contributed by atoms with Gasteiger partial charge in [0.15, 0.2) is 0 Å². The Balaban J connectivity index is 2.42. The molecule has 0 heterocycles. The van der Waals surface area contributed by atoms with Crippen LogP contribution < -0.4 is 5.32 Å². The summed E-state index contributed by atoms with van der Waals surface area (Å²) in [6, 6.07) is 0.394. The van der Waals surface area contributed by atoms with E-state index in [-0.39, 0.29) is 10.7 Å². The smallest absolute Gasteiger partial charge is 0.234 e. The van der Waals surface area contributed by atoms with Crippen molar-refractivity contribution in [3.05, 3.63) is 0 Å². The molecule has 0 aromatic heterocycles. The number of hydrogen-bond acceptors (Lipinski definition) is 1. The third kappa shape index (κ3) is 3.78. The molecule has 0 unspecified atom stereocenters. The van der Waals surface area contributed by atoms with E-state index in [1.807, 2.05) is 0 Å². The first-order valence-electron chi connectivity index (χ1n) is 5.96. The summed E-state index contributed by atoms with van der Waals surface area (Å²) in [6.07, 6.45) is 4.96. The van der Waals surface area contributed by atoms with Crippen LogP contribution in [0.25, 0.3) is 0 Å². The van der Waals surface area contributed by atoms with Crippen LogP contribution in [0.3, 0.4) is 0 Å². The molecule has 1 aliphatic rings. The number of amides is 1. The third-order valence-corrected chi connectivity index (χ3v) is 4.75. The van der Waals surface area contributed by atoms with Crippen molar-refractivity contribution in [3.8, 4) is 0 Å². The van der Waals surface area contributed by atoms with Crippen LogP contribution in [0, 0.1) is 11.8 Å². The van der Waals surface area contributed by atoms with Crippen molar-refractivity contribution in [2.45, 2.75) is 57.3 Å². The molecule has 2 nitrogen and oxygen atoms in total. The second kappa shape index (κ2) is 5.88. The van der Waals surface area contributed by atoms with E-state index in [9.17, 15) is 4.79 Å². The fourth-order valence-corrected chi connectivity index (χ4v) is 2.23. The second-order valence-electron chi connectivity index (χ2n) is 5.02. The highest BCUT2D eigenvalue weighted by Gasteiger charge is 2.26. The van der Waals surface area contributed by atoms with Gasteiger partial charge >= 0.3 is 0 Å². The number of carbonyl (C=O) groups excluding carboxylic acids is 1. The molecule has 1 saturated carbocycles. The van der Waals surface area contributed by atoms with Gasteiger partial charge in [-0.05, 0) is 24.7 Å². The van der Waals surface area contributed by atoms with Crippen LogP contribution in [-0.2, 0) is 4.79 Å². The molecular formula is C12H22BrNO. The van der Waals surface area contributed by atoms with Gasteiger partial charge in [0.05, 0.1) is 4.83 Å². The van der Waals surface area contributed by atoms with E-state index in [2.05, 4.69) is 42.0 Å². The monoisotopic (exact) mass is 275 g/mol. The van der Waals surface area contributed by atoms with Gasteiger partial charge in [0.25, 0.3) is 0 Å². The molecule has 0 bridgehead atoms. The van der Waals surface area contributed by atoms with E-state index in [1.54, 1.807) is 0 Å². The van der Waals surface area contributed by atoms with Gasteiger partial charge in [-0.3, -0.25) is 4.79 Å². The lowest BCUT2D eigenvalue weighted by Gasteiger charge is -2.30. The Morgan fingerprint density at radius 1 is 1.33 bits per heavy atom. The molecule has 1 rings (SSSR count). The molecule has 1 amide bonds. The van der Waals surface area contributed by atoms with Crippen LogP contribution in [-0.4, -0.2) is 16.8 Å². The number of rotatable bonds is 3. The average molecular weight is 276 g/mol. The normalized spacial score (nSPS) is 28.9. The van der Waals surface area contributed by atoms with Gasteiger partial charge in [0.1, 0.15) is 0 Å². The molecule has 1 N–H and O–H groups in total. The van der Waals surface area contributed by atoms with Crippen LogP contribution in [0.5, 0.6) is 0 Å². The Morgan fingerprint density at radius 3 is 2.47 bits per heavy atom. The first kappa shape index (κ1) is 13.0. The summed E-state index contributed by atoms with van der Waals surface area (Å²) in [6.45, 7) is 6.36. The molecule has 0 aromatic rings. The van der Waals surface area contributed by atoms with E-state index < -0.39 is 0 Å². The summed E-state index contributed by atoms with van der Waals surface area (Å²) in [7, 11) is 0. The lowest BCUT2D eigenvalue weighted by atomic mass is 9.86. The quantitative estimate of drug-likeness (QED) is 0.788. The van der Waals surface area contributed by atoms with E-state index in [0.29, 0.717) is 17.9 Å². The number of hydrogen-bond donors (Lipinski definition) is 1. The zero-order valence-corrected chi connectivity index (χ0v) is 11.5. The van der Waals surface area contributed by atoms with Crippen LogP contribution in [0.1, 0.15) is 46.5 Å². The van der Waals surface area contributed by atoms with E-state index >= 15 is 0 Å². The van der Waals surface area contributed by atoms with Crippen LogP contribution in [0.15, 0.2) is 0 Å². The molecule has 15 heavy (non-hydrogen) atoms. The number of nitrogens with one attached hydrogen (secondary N) is 1. The largest absolute Gasteiger partial charge is 0.352 e. The second-order valence-corrected chi connectivity index (χ2v) is 6.01. The lowest BCUT2D eigenvalue weighted by Crippen LogP contribution is -2.45. The van der Waals surface area contributed by atoms with Crippen LogP contribution in [0.4, 0.5) is 0 Å². The van der Waals surface area contributed by atoms with Crippen LogP contribution >= 0.6 is 15.9 Å². The average Bonchev–Trinajstić information content (AvgIpc) is 2.20. The van der Waals surface area contributed by atoms with Crippen molar-refractivity contribution in [2.75, 3.05) is 0 Å².